The highest BCUT2D eigenvalue weighted by Crippen LogP contribution is 2.34. The Balaban J connectivity index is 0.000000924. The van der Waals surface area contributed by atoms with Crippen molar-refractivity contribution in [2.45, 2.75) is 27.7 Å². The quantitative estimate of drug-likeness (QED) is 0.441. The molecule has 1 heteroatoms. The fraction of sp³-hybridized carbons (Fsp3) is 0.182. The van der Waals surface area contributed by atoms with Crippen molar-refractivity contribution >= 4 is 27.5 Å². The molecule has 3 aromatic rings. The molecule has 0 spiro atoms. The van der Waals surface area contributed by atoms with Crippen LogP contribution in [-0.4, -0.2) is 0 Å². The Morgan fingerprint density at radius 2 is 1.57 bits per heavy atom. The summed E-state index contributed by atoms with van der Waals surface area (Å²) < 4.78 is 1.34. The van der Waals surface area contributed by atoms with Gasteiger partial charge in [0.05, 0.1) is 0 Å². The van der Waals surface area contributed by atoms with E-state index in [-0.39, 0.29) is 0 Å². The van der Waals surface area contributed by atoms with Gasteiger partial charge in [0.1, 0.15) is 0 Å². The third-order valence-electron chi connectivity index (χ3n) is 3.74. The Bertz CT molecular complexity index is 817. The highest BCUT2D eigenvalue weighted by Gasteiger charge is 2.07. The summed E-state index contributed by atoms with van der Waals surface area (Å²) in [6.45, 7) is 12.1. The average molecular weight is 321 g/mol. The third kappa shape index (κ3) is 3.80. The fourth-order valence-corrected chi connectivity index (χ4v) is 3.58. The summed E-state index contributed by atoms with van der Waals surface area (Å²) in [6.07, 6.45) is 5.96. The van der Waals surface area contributed by atoms with Crippen LogP contribution in [-0.2, 0) is 0 Å². The largest absolute Gasteiger partial charge is 0.136 e. The van der Waals surface area contributed by atoms with Crippen LogP contribution in [0.25, 0.3) is 27.3 Å². The average Bonchev–Trinajstić information content (AvgIpc) is 2.91. The number of rotatable bonds is 3. The molecule has 1 heterocycles. The molecule has 2 aromatic carbocycles. The first-order valence-corrected chi connectivity index (χ1v) is 8.90. The Morgan fingerprint density at radius 3 is 2.22 bits per heavy atom. The number of hydrogen-bond donors (Lipinski definition) is 0. The summed E-state index contributed by atoms with van der Waals surface area (Å²) in [6, 6.07) is 15.5. The fourth-order valence-electron chi connectivity index (χ4n) is 2.48. The van der Waals surface area contributed by atoms with Crippen molar-refractivity contribution in [3.05, 3.63) is 77.2 Å². The molecule has 0 aliphatic heterocycles. The standard InChI is InChI=1S/C20H18S.C2H6/c1-4-5-6-19-15(3)18-13-17(11-12-20(18)21-19)16-9-7-14(2)8-10-16;1-2/h4-13H,1H2,2-3H3;1-2H3/b6-5-;. The number of fused-ring (bicyclic) bond motifs is 1. The lowest BCUT2D eigenvalue weighted by Gasteiger charge is -2.03. The van der Waals surface area contributed by atoms with Gasteiger partial charge >= 0.3 is 0 Å². The van der Waals surface area contributed by atoms with Crippen molar-refractivity contribution in [1.82, 2.24) is 0 Å². The van der Waals surface area contributed by atoms with E-state index in [9.17, 15) is 0 Å². The van der Waals surface area contributed by atoms with Crippen molar-refractivity contribution in [3.8, 4) is 11.1 Å². The number of benzene rings is 2. The molecule has 0 saturated heterocycles. The van der Waals surface area contributed by atoms with E-state index in [4.69, 9.17) is 0 Å². The van der Waals surface area contributed by atoms with E-state index in [0.717, 1.165) is 0 Å². The number of hydrogen-bond acceptors (Lipinski definition) is 1. The van der Waals surface area contributed by atoms with Gasteiger partial charge in [-0.3, -0.25) is 0 Å². The van der Waals surface area contributed by atoms with Crippen LogP contribution in [0, 0.1) is 13.8 Å². The molecule has 0 radical (unpaired) electrons. The van der Waals surface area contributed by atoms with E-state index in [0.29, 0.717) is 0 Å². The first-order chi connectivity index (χ1) is 11.2. The maximum absolute atomic E-state index is 3.74. The molecule has 0 fully saturated rings. The lowest BCUT2D eigenvalue weighted by molar-refractivity contribution is 1.47. The van der Waals surface area contributed by atoms with Gasteiger partial charge in [0.15, 0.2) is 0 Å². The Labute approximate surface area is 143 Å². The van der Waals surface area contributed by atoms with Gasteiger partial charge < -0.3 is 0 Å². The van der Waals surface area contributed by atoms with E-state index in [2.05, 4.69) is 69.0 Å². The molecule has 118 valence electrons. The highest BCUT2D eigenvalue weighted by atomic mass is 32.1. The second kappa shape index (κ2) is 7.94. The molecule has 0 N–H and O–H groups in total. The van der Waals surface area contributed by atoms with Crippen LogP contribution in [0.2, 0.25) is 0 Å². The molecule has 0 saturated carbocycles. The van der Waals surface area contributed by atoms with Gasteiger partial charge in [-0.1, -0.05) is 68.5 Å². The van der Waals surface area contributed by atoms with Gasteiger partial charge in [-0.15, -0.1) is 11.3 Å². The monoisotopic (exact) mass is 320 g/mol. The molecule has 0 aliphatic carbocycles. The van der Waals surface area contributed by atoms with Crippen LogP contribution >= 0.6 is 11.3 Å². The minimum absolute atomic E-state index is 1.27. The second-order valence-corrected chi connectivity index (χ2v) is 6.35. The van der Waals surface area contributed by atoms with Crippen molar-refractivity contribution in [3.63, 3.8) is 0 Å². The number of thiophene rings is 1. The molecule has 0 unspecified atom stereocenters. The van der Waals surface area contributed by atoms with Gasteiger partial charge in [0, 0.05) is 9.58 Å². The van der Waals surface area contributed by atoms with E-state index in [1.807, 2.05) is 37.3 Å². The molecule has 0 atom stereocenters. The van der Waals surface area contributed by atoms with Crippen LogP contribution in [0.1, 0.15) is 29.9 Å². The summed E-state index contributed by atoms with van der Waals surface area (Å²) >= 11 is 1.84. The van der Waals surface area contributed by atoms with Crippen LogP contribution in [0.4, 0.5) is 0 Å². The van der Waals surface area contributed by atoms with Gasteiger partial charge in [0.2, 0.25) is 0 Å². The molecular weight excluding hydrogens is 296 g/mol. The van der Waals surface area contributed by atoms with Crippen LogP contribution in [0.5, 0.6) is 0 Å². The van der Waals surface area contributed by atoms with Crippen LogP contribution < -0.4 is 0 Å². The van der Waals surface area contributed by atoms with E-state index in [1.54, 1.807) is 0 Å². The predicted molar refractivity (Wildman–Crippen MR) is 107 cm³/mol. The first kappa shape index (κ1) is 17.2. The lowest BCUT2D eigenvalue weighted by Crippen LogP contribution is -1.79. The first-order valence-electron chi connectivity index (χ1n) is 8.08. The summed E-state index contributed by atoms with van der Waals surface area (Å²) in [5.41, 5.74) is 5.20. The summed E-state index contributed by atoms with van der Waals surface area (Å²) in [5, 5.41) is 1.35. The summed E-state index contributed by atoms with van der Waals surface area (Å²) in [7, 11) is 0. The summed E-state index contributed by atoms with van der Waals surface area (Å²) in [5.74, 6) is 0. The SMILES string of the molecule is C=C/C=C\c1sc2ccc(-c3ccc(C)cc3)cc2c1C.CC. The zero-order valence-corrected chi connectivity index (χ0v) is 15.2. The molecule has 1 aromatic heterocycles. The van der Waals surface area contributed by atoms with E-state index in [1.165, 1.54) is 37.2 Å². The van der Waals surface area contributed by atoms with Crippen molar-refractivity contribution < 1.29 is 0 Å². The molecule has 23 heavy (non-hydrogen) atoms. The van der Waals surface area contributed by atoms with Gasteiger partial charge in [-0.05, 0) is 54.1 Å². The van der Waals surface area contributed by atoms with Gasteiger partial charge in [-0.2, -0.15) is 0 Å². The van der Waals surface area contributed by atoms with E-state index < -0.39 is 0 Å². The number of allylic oxidation sites excluding steroid dienone is 2. The highest BCUT2D eigenvalue weighted by molar-refractivity contribution is 7.20. The van der Waals surface area contributed by atoms with Crippen molar-refractivity contribution in [1.29, 1.82) is 0 Å². The minimum Gasteiger partial charge on any atom is -0.136 e. The maximum Gasteiger partial charge on any atom is 0.0352 e. The number of aryl methyl sites for hydroxylation is 2. The zero-order chi connectivity index (χ0) is 16.8. The van der Waals surface area contributed by atoms with Crippen LogP contribution in [0.15, 0.2) is 61.2 Å². The molecule has 0 aliphatic rings. The Kier molecular flexibility index (Phi) is 5.95. The van der Waals surface area contributed by atoms with Gasteiger partial charge in [0.25, 0.3) is 0 Å². The molecule has 3 rings (SSSR count). The van der Waals surface area contributed by atoms with Crippen LogP contribution in [0.3, 0.4) is 0 Å². The van der Waals surface area contributed by atoms with Crippen molar-refractivity contribution in [2.24, 2.45) is 0 Å². The second-order valence-electron chi connectivity index (χ2n) is 5.26. The maximum atomic E-state index is 3.74. The van der Waals surface area contributed by atoms with Gasteiger partial charge in [-0.25, -0.2) is 0 Å². The molecular formula is C22H24S. The molecule has 0 nitrogen and oxygen atoms in total. The third-order valence-corrected chi connectivity index (χ3v) is 4.98. The minimum atomic E-state index is 1.27. The summed E-state index contributed by atoms with van der Waals surface area (Å²) in [4.78, 5) is 1.31. The molecule has 0 amide bonds. The lowest BCUT2D eigenvalue weighted by atomic mass is 10.0. The Morgan fingerprint density at radius 1 is 0.913 bits per heavy atom. The van der Waals surface area contributed by atoms with E-state index >= 15 is 0 Å². The zero-order valence-electron chi connectivity index (χ0n) is 14.4. The normalized spacial score (nSPS) is 10.6. The Hall–Kier alpha value is -2.12. The molecule has 0 bridgehead atoms. The van der Waals surface area contributed by atoms with Crippen molar-refractivity contribution in [2.75, 3.05) is 0 Å². The smallest absolute Gasteiger partial charge is 0.0352 e. The topological polar surface area (TPSA) is 0 Å². The predicted octanol–water partition coefficient (Wildman–Crippen LogP) is 7.41.